The van der Waals surface area contributed by atoms with Gasteiger partial charge >= 0.3 is 7.12 Å². The zero-order valence-corrected chi connectivity index (χ0v) is 16.2. The van der Waals surface area contributed by atoms with Gasteiger partial charge in [0, 0.05) is 6.26 Å². The van der Waals surface area contributed by atoms with Crippen molar-refractivity contribution >= 4 is 28.3 Å². The molecule has 0 saturated carbocycles. The number of alkyl halides is 1. The molecule has 2 aromatic rings. The van der Waals surface area contributed by atoms with Crippen LogP contribution in [0.5, 0.6) is 0 Å². The molecule has 0 spiro atoms. The van der Waals surface area contributed by atoms with Crippen molar-refractivity contribution < 1.29 is 37.1 Å². The third kappa shape index (κ3) is 6.07. The number of aliphatic hydroxyl groups excluding tert-OH is 1. The van der Waals surface area contributed by atoms with Crippen LogP contribution in [0.2, 0.25) is 0 Å². The van der Waals surface area contributed by atoms with Crippen LogP contribution >= 0.6 is 0 Å². The highest BCUT2D eigenvalue weighted by atomic mass is 32.2. The first-order valence-electron chi connectivity index (χ1n) is 8.50. The summed E-state index contributed by atoms with van der Waals surface area (Å²) >= 11 is 0. The van der Waals surface area contributed by atoms with E-state index in [0.717, 1.165) is 24.5 Å². The van der Waals surface area contributed by atoms with Crippen molar-refractivity contribution in [2.45, 2.75) is 23.5 Å². The number of rotatable bonds is 8. The molecular weight excluding hydrogens is 407 g/mol. The molecule has 0 aliphatic carbocycles. The Kier molecular flexibility index (Phi) is 7.47. The Labute approximate surface area is 167 Å². The van der Waals surface area contributed by atoms with E-state index in [9.17, 15) is 27.1 Å². The van der Waals surface area contributed by atoms with Gasteiger partial charge in [-0.1, -0.05) is 24.3 Å². The number of carbonyl (C=O) groups is 1. The monoisotopic (exact) mass is 427 g/mol. The van der Waals surface area contributed by atoms with E-state index in [1.807, 2.05) is 0 Å². The highest BCUT2D eigenvalue weighted by molar-refractivity contribution is 7.90. The van der Waals surface area contributed by atoms with Gasteiger partial charge < -0.3 is 20.5 Å². The zero-order chi connectivity index (χ0) is 21.8. The van der Waals surface area contributed by atoms with Crippen LogP contribution in [-0.2, 0) is 21.1 Å². The van der Waals surface area contributed by atoms with Gasteiger partial charge in [0.25, 0.3) is 0 Å². The largest absolute Gasteiger partial charge is 0.488 e. The first-order valence-corrected chi connectivity index (χ1v) is 10.4. The summed E-state index contributed by atoms with van der Waals surface area (Å²) in [6, 6.07) is 7.00. The SMILES string of the molecule is CS(=O)(=O)c1ccc([C@H](O)C(CF)NC(=O)Cc2cc(B(O)O)ccc2F)cc1. The van der Waals surface area contributed by atoms with E-state index in [0.29, 0.717) is 0 Å². The van der Waals surface area contributed by atoms with Gasteiger partial charge in [0.15, 0.2) is 9.84 Å². The highest BCUT2D eigenvalue weighted by Gasteiger charge is 2.24. The number of sulfone groups is 1. The molecule has 1 amide bonds. The zero-order valence-electron chi connectivity index (χ0n) is 15.4. The standard InChI is InChI=1S/C18H20BF2NO6S/c1-29(27,28)14-5-2-11(3-6-14)18(24)16(10-20)22-17(23)9-12-8-13(19(25)26)4-7-15(12)21/h2-8,16,18,24-26H,9-10H2,1H3,(H,22,23)/t16?,18-/m0/s1. The molecule has 0 aliphatic heterocycles. The van der Waals surface area contributed by atoms with Crippen LogP contribution in [0.15, 0.2) is 47.4 Å². The lowest BCUT2D eigenvalue weighted by molar-refractivity contribution is -0.122. The van der Waals surface area contributed by atoms with E-state index in [1.54, 1.807) is 0 Å². The maximum atomic E-state index is 13.9. The Morgan fingerprint density at radius 2 is 1.79 bits per heavy atom. The predicted octanol–water partition coefficient (Wildman–Crippen LogP) is -0.361. The molecule has 7 nitrogen and oxygen atoms in total. The average molecular weight is 427 g/mol. The normalized spacial score (nSPS) is 13.6. The molecule has 4 N–H and O–H groups in total. The number of benzene rings is 2. The van der Waals surface area contributed by atoms with Crippen molar-refractivity contribution in [3.8, 4) is 0 Å². The number of amides is 1. The van der Waals surface area contributed by atoms with Crippen LogP contribution in [-0.4, -0.2) is 55.6 Å². The number of hydrogen-bond acceptors (Lipinski definition) is 6. The van der Waals surface area contributed by atoms with Crippen LogP contribution in [0.4, 0.5) is 8.78 Å². The molecule has 0 aliphatic rings. The number of hydrogen-bond donors (Lipinski definition) is 4. The van der Waals surface area contributed by atoms with E-state index < -0.39 is 53.9 Å². The molecule has 0 fully saturated rings. The summed E-state index contributed by atoms with van der Waals surface area (Å²) in [6.07, 6.45) is -0.955. The molecule has 0 saturated heterocycles. The van der Waals surface area contributed by atoms with E-state index in [-0.39, 0.29) is 21.5 Å². The van der Waals surface area contributed by atoms with E-state index in [2.05, 4.69) is 5.32 Å². The fourth-order valence-corrected chi connectivity index (χ4v) is 3.30. The topological polar surface area (TPSA) is 124 Å². The molecule has 0 aromatic heterocycles. The summed E-state index contributed by atoms with van der Waals surface area (Å²) in [5, 5.41) is 30.9. The third-order valence-electron chi connectivity index (χ3n) is 4.26. The number of halogens is 2. The summed E-state index contributed by atoms with van der Waals surface area (Å²) in [7, 11) is -5.28. The Hall–Kier alpha value is -2.34. The number of carbonyl (C=O) groups excluding carboxylic acids is 1. The fraction of sp³-hybridized carbons (Fsp3) is 0.278. The van der Waals surface area contributed by atoms with Gasteiger partial charge in [-0.3, -0.25) is 4.79 Å². The summed E-state index contributed by atoms with van der Waals surface area (Å²) in [5.41, 5.74) is 0.0527. The van der Waals surface area contributed by atoms with E-state index in [1.165, 1.54) is 24.3 Å². The number of aliphatic hydroxyl groups is 1. The van der Waals surface area contributed by atoms with Crippen molar-refractivity contribution in [2.75, 3.05) is 12.9 Å². The average Bonchev–Trinajstić information content (AvgIpc) is 2.66. The van der Waals surface area contributed by atoms with Gasteiger partial charge in [0.2, 0.25) is 5.91 Å². The second-order valence-electron chi connectivity index (χ2n) is 6.52. The maximum absolute atomic E-state index is 13.9. The van der Waals surface area contributed by atoms with Gasteiger partial charge in [-0.15, -0.1) is 0 Å². The summed E-state index contributed by atoms with van der Waals surface area (Å²) in [6.45, 7) is -1.13. The second-order valence-corrected chi connectivity index (χ2v) is 8.53. The van der Waals surface area contributed by atoms with Crippen molar-refractivity contribution in [3.63, 3.8) is 0 Å². The molecule has 0 radical (unpaired) electrons. The number of nitrogens with one attached hydrogen (secondary N) is 1. The molecule has 11 heteroatoms. The molecule has 2 rings (SSSR count). The van der Waals surface area contributed by atoms with Crippen LogP contribution in [0.1, 0.15) is 17.2 Å². The Bertz CT molecular complexity index is 969. The predicted molar refractivity (Wildman–Crippen MR) is 102 cm³/mol. The first kappa shape index (κ1) is 22.9. The smallest absolute Gasteiger partial charge is 0.423 e. The van der Waals surface area contributed by atoms with Gasteiger partial charge in [-0.2, -0.15) is 0 Å². The Balaban J connectivity index is 2.11. The van der Waals surface area contributed by atoms with Crippen LogP contribution in [0.3, 0.4) is 0 Å². The van der Waals surface area contributed by atoms with Crippen LogP contribution < -0.4 is 10.8 Å². The molecular formula is C18H20BF2NO6S. The lowest BCUT2D eigenvalue weighted by atomic mass is 9.79. The summed E-state index contributed by atoms with van der Waals surface area (Å²) < 4.78 is 50.2. The molecule has 0 heterocycles. The van der Waals surface area contributed by atoms with Crippen molar-refractivity contribution in [1.29, 1.82) is 0 Å². The van der Waals surface area contributed by atoms with Gasteiger partial charge in [0.05, 0.1) is 17.4 Å². The van der Waals surface area contributed by atoms with Crippen molar-refractivity contribution in [2.24, 2.45) is 0 Å². The van der Waals surface area contributed by atoms with Gasteiger partial charge in [0.1, 0.15) is 18.6 Å². The molecule has 2 atom stereocenters. The van der Waals surface area contributed by atoms with Crippen LogP contribution in [0, 0.1) is 5.82 Å². The molecule has 29 heavy (non-hydrogen) atoms. The minimum atomic E-state index is -3.44. The van der Waals surface area contributed by atoms with Crippen LogP contribution in [0.25, 0.3) is 0 Å². The maximum Gasteiger partial charge on any atom is 0.488 e. The summed E-state index contributed by atoms with van der Waals surface area (Å²) in [4.78, 5) is 12.2. The van der Waals surface area contributed by atoms with Gasteiger partial charge in [-0.25, -0.2) is 17.2 Å². The Morgan fingerprint density at radius 3 is 2.31 bits per heavy atom. The lowest BCUT2D eigenvalue weighted by Gasteiger charge is -2.22. The minimum Gasteiger partial charge on any atom is -0.423 e. The Morgan fingerprint density at radius 1 is 1.17 bits per heavy atom. The summed E-state index contributed by atoms with van der Waals surface area (Å²) in [5.74, 6) is -1.54. The quantitative estimate of drug-likeness (QED) is 0.427. The van der Waals surface area contributed by atoms with Gasteiger partial charge in [-0.05, 0) is 34.8 Å². The fourth-order valence-electron chi connectivity index (χ4n) is 2.67. The highest BCUT2D eigenvalue weighted by Crippen LogP contribution is 2.20. The van der Waals surface area contributed by atoms with E-state index in [4.69, 9.17) is 10.0 Å². The van der Waals surface area contributed by atoms with E-state index >= 15 is 0 Å². The molecule has 2 aromatic carbocycles. The minimum absolute atomic E-state index is 0.0118. The molecule has 1 unspecified atom stereocenters. The third-order valence-corrected chi connectivity index (χ3v) is 5.39. The van der Waals surface area contributed by atoms with Crippen molar-refractivity contribution in [1.82, 2.24) is 5.32 Å². The second kappa shape index (κ2) is 9.44. The lowest BCUT2D eigenvalue weighted by Crippen LogP contribution is -2.42. The van der Waals surface area contributed by atoms with Crippen molar-refractivity contribution in [3.05, 3.63) is 59.4 Å². The molecule has 156 valence electrons. The molecule has 0 bridgehead atoms. The first-order chi connectivity index (χ1) is 13.5.